The molecule has 2 aliphatic rings. The van der Waals surface area contributed by atoms with Crippen LogP contribution in [0, 0.1) is 18.8 Å². The zero-order chi connectivity index (χ0) is 12.1. The minimum Gasteiger partial charge on any atom is -0.355 e. The molecule has 2 aliphatic heterocycles. The van der Waals surface area contributed by atoms with Gasteiger partial charge in [-0.1, -0.05) is 0 Å². The molecule has 0 amide bonds. The van der Waals surface area contributed by atoms with E-state index in [4.69, 9.17) is 0 Å². The molecule has 0 radical (unpaired) electrons. The van der Waals surface area contributed by atoms with Crippen LogP contribution in [0.3, 0.4) is 0 Å². The number of nitrogens with zero attached hydrogens (tertiary/aromatic N) is 3. The van der Waals surface area contributed by atoms with E-state index in [1.54, 1.807) is 11.3 Å². The fourth-order valence-corrected chi connectivity index (χ4v) is 4.05. The average molecular weight is 260 g/mol. The number of fused-ring (bicyclic) bond motifs is 2. The largest absolute Gasteiger partial charge is 0.355 e. The van der Waals surface area contributed by atoms with E-state index >= 15 is 0 Å². The maximum atomic E-state index is 4.69. The standard InChI is InChI=1S/C13H16N4S/c1-8-15-11-2-3-18-12(11)13(16-8)17-6-9-4-14-5-10(9)7-17/h2-3,9-10,14H,4-7H2,1H3/t9-,10+. The van der Waals surface area contributed by atoms with Crippen molar-refractivity contribution < 1.29 is 0 Å². The molecule has 0 saturated carbocycles. The number of rotatable bonds is 1. The number of hydrogen-bond donors (Lipinski definition) is 1. The molecule has 0 unspecified atom stereocenters. The Labute approximate surface area is 110 Å². The van der Waals surface area contributed by atoms with Crippen LogP contribution in [0.5, 0.6) is 0 Å². The van der Waals surface area contributed by atoms with Crippen molar-refractivity contribution in [1.29, 1.82) is 0 Å². The molecule has 5 heteroatoms. The van der Waals surface area contributed by atoms with Gasteiger partial charge in [-0.05, 0) is 30.2 Å². The molecule has 2 aromatic heterocycles. The van der Waals surface area contributed by atoms with E-state index in [0.717, 1.165) is 42.1 Å². The Morgan fingerprint density at radius 3 is 2.83 bits per heavy atom. The summed E-state index contributed by atoms with van der Waals surface area (Å²) >= 11 is 1.76. The SMILES string of the molecule is Cc1nc(N2C[C@H]3CNC[C@H]3C2)c2sccc2n1. The molecule has 0 bridgehead atoms. The fourth-order valence-electron chi connectivity index (χ4n) is 3.20. The molecule has 1 N–H and O–H groups in total. The van der Waals surface area contributed by atoms with Crippen molar-refractivity contribution in [2.24, 2.45) is 11.8 Å². The molecule has 4 nitrogen and oxygen atoms in total. The van der Waals surface area contributed by atoms with E-state index in [0.29, 0.717) is 0 Å². The first-order valence-corrected chi connectivity index (χ1v) is 7.37. The second-order valence-corrected chi connectivity index (χ2v) is 6.23. The molecular formula is C13H16N4S. The summed E-state index contributed by atoms with van der Waals surface area (Å²) in [4.78, 5) is 11.6. The third-order valence-corrected chi connectivity index (χ3v) is 4.99. The summed E-state index contributed by atoms with van der Waals surface area (Å²) in [6, 6.07) is 2.09. The topological polar surface area (TPSA) is 41.1 Å². The quantitative estimate of drug-likeness (QED) is 0.846. The lowest BCUT2D eigenvalue weighted by atomic mass is 10.0. The van der Waals surface area contributed by atoms with E-state index in [9.17, 15) is 0 Å². The minimum absolute atomic E-state index is 0.801. The lowest BCUT2D eigenvalue weighted by Gasteiger charge is -2.19. The van der Waals surface area contributed by atoms with Crippen molar-refractivity contribution in [2.75, 3.05) is 31.1 Å². The highest BCUT2D eigenvalue weighted by atomic mass is 32.1. The third-order valence-electron chi connectivity index (χ3n) is 4.09. The zero-order valence-electron chi connectivity index (χ0n) is 10.4. The van der Waals surface area contributed by atoms with Crippen molar-refractivity contribution in [1.82, 2.24) is 15.3 Å². The molecule has 0 spiro atoms. The molecule has 2 aromatic rings. The molecule has 2 atom stereocenters. The van der Waals surface area contributed by atoms with Crippen LogP contribution in [0.2, 0.25) is 0 Å². The first-order valence-electron chi connectivity index (χ1n) is 6.49. The molecule has 4 rings (SSSR count). The van der Waals surface area contributed by atoms with Crippen LogP contribution in [0.25, 0.3) is 10.2 Å². The molecule has 0 aliphatic carbocycles. The second kappa shape index (κ2) is 3.90. The van der Waals surface area contributed by atoms with Crippen LogP contribution in [0.15, 0.2) is 11.4 Å². The smallest absolute Gasteiger partial charge is 0.150 e. The first-order chi connectivity index (χ1) is 8.81. The van der Waals surface area contributed by atoms with E-state index in [-0.39, 0.29) is 0 Å². The van der Waals surface area contributed by atoms with Crippen LogP contribution in [0.1, 0.15) is 5.82 Å². The Balaban J connectivity index is 1.76. The summed E-state index contributed by atoms with van der Waals surface area (Å²) in [5, 5.41) is 5.59. The molecule has 0 aromatic carbocycles. The second-order valence-electron chi connectivity index (χ2n) is 5.31. The van der Waals surface area contributed by atoms with Gasteiger partial charge < -0.3 is 10.2 Å². The number of hydrogen-bond acceptors (Lipinski definition) is 5. The maximum Gasteiger partial charge on any atom is 0.150 e. The monoisotopic (exact) mass is 260 g/mol. The summed E-state index contributed by atoms with van der Waals surface area (Å²) in [7, 11) is 0. The highest BCUT2D eigenvalue weighted by Gasteiger charge is 2.37. The number of aromatic nitrogens is 2. The molecule has 18 heavy (non-hydrogen) atoms. The number of nitrogens with one attached hydrogen (secondary N) is 1. The Bertz CT molecular complexity index is 582. The molecular weight excluding hydrogens is 244 g/mol. The van der Waals surface area contributed by atoms with Crippen molar-refractivity contribution in [3.63, 3.8) is 0 Å². The Morgan fingerprint density at radius 1 is 1.28 bits per heavy atom. The van der Waals surface area contributed by atoms with Crippen molar-refractivity contribution in [2.45, 2.75) is 6.92 Å². The molecule has 2 fully saturated rings. The van der Waals surface area contributed by atoms with Crippen LogP contribution < -0.4 is 10.2 Å². The van der Waals surface area contributed by atoms with Gasteiger partial charge in [0.15, 0.2) is 0 Å². The van der Waals surface area contributed by atoms with E-state index in [1.165, 1.54) is 17.8 Å². The first kappa shape index (κ1) is 10.7. The van der Waals surface area contributed by atoms with Gasteiger partial charge in [-0.3, -0.25) is 0 Å². The summed E-state index contributed by atoms with van der Waals surface area (Å²) in [6.07, 6.45) is 0. The van der Waals surface area contributed by atoms with Gasteiger partial charge in [-0.2, -0.15) is 0 Å². The number of anilines is 1. The predicted octanol–water partition coefficient (Wildman–Crippen LogP) is 1.66. The van der Waals surface area contributed by atoms with Crippen LogP contribution in [-0.4, -0.2) is 36.1 Å². The van der Waals surface area contributed by atoms with Crippen LogP contribution in [0.4, 0.5) is 5.82 Å². The van der Waals surface area contributed by atoms with Crippen molar-refractivity contribution >= 4 is 27.4 Å². The van der Waals surface area contributed by atoms with Gasteiger partial charge in [0.05, 0.1) is 10.2 Å². The molecule has 2 saturated heterocycles. The molecule has 4 heterocycles. The summed E-state index contributed by atoms with van der Waals surface area (Å²) < 4.78 is 1.24. The lowest BCUT2D eigenvalue weighted by Crippen LogP contribution is -2.26. The van der Waals surface area contributed by atoms with Gasteiger partial charge >= 0.3 is 0 Å². The van der Waals surface area contributed by atoms with Gasteiger partial charge in [0.2, 0.25) is 0 Å². The summed E-state index contributed by atoms with van der Waals surface area (Å²) in [6.45, 7) is 6.60. The van der Waals surface area contributed by atoms with Gasteiger partial charge in [0.1, 0.15) is 11.6 Å². The van der Waals surface area contributed by atoms with E-state index in [1.807, 2.05) is 6.92 Å². The lowest BCUT2D eigenvalue weighted by molar-refractivity contribution is 0.533. The van der Waals surface area contributed by atoms with Crippen molar-refractivity contribution in [3.05, 3.63) is 17.3 Å². The van der Waals surface area contributed by atoms with Crippen LogP contribution in [-0.2, 0) is 0 Å². The summed E-state index contributed by atoms with van der Waals surface area (Å²) in [5.41, 5.74) is 1.10. The highest BCUT2D eigenvalue weighted by molar-refractivity contribution is 7.17. The number of aryl methyl sites for hydroxylation is 1. The Hall–Kier alpha value is -1.20. The zero-order valence-corrected chi connectivity index (χ0v) is 11.2. The third kappa shape index (κ3) is 1.54. The van der Waals surface area contributed by atoms with Gasteiger partial charge in [0.25, 0.3) is 0 Å². The van der Waals surface area contributed by atoms with E-state index in [2.05, 4.69) is 31.6 Å². The Morgan fingerprint density at radius 2 is 2.06 bits per heavy atom. The number of thiophene rings is 1. The summed E-state index contributed by atoms with van der Waals surface area (Å²) in [5.74, 6) is 3.64. The normalized spacial score (nSPS) is 27.1. The maximum absolute atomic E-state index is 4.69. The molecule has 94 valence electrons. The predicted molar refractivity (Wildman–Crippen MR) is 74.2 cm³/mol. The highest BCUT2D eigenvalue weighted by Crippen LogP contribution is 2.35. The Kier molecular flexibility index (Phi) is 2.32. The van der Waals surface area contributed by atoms with Crippen molar-refractivity contribution in [3.8, 4) is 0 Å². The van der Waals surface area contributed by atoms with E-state index < -0.39 is 0 Å². The average Bonchev–Trinajstić information content (AvgIpc) is 3.01. The van der Waals surface area contributed by atoms with Gasteiger partial charge in [0, 0.05) is 26.2 Å². The van der Waals surface area contributed by atoms with Gasteiger partial charge in [-0.15, -0.1) is 11.3 Å². The minimum atomic E-state index is 0.801. The fraction of sp³-hybridized carbons (Fsp3) is 0.538. The van der Waals surface area contributed by atoms with Crippen LogP contribution >= 0.6 is 11.3 Å². The van der Waals surface area contributed by atoms with Gasteiger partial charge in [-0.25, -0.2) is 9.97 Å².